The lowest BCUT2D eigenvalue weighted by atomic mass is 9.70. The molecule has 0 saturated carbocycles. The normalized spacial score (nSPS) is 18.4. The summed E-state index contributed by atoms with van der Waals surface area (Å²) in [5.41, 5.74) is 6.25. The molecule has 0 fully saturated rings. The van der Waals surface area contributed by atoms with Gasteiger partial charge < -0.3 is 9.64 Å². The second-order valence-corrected chi connectivity index (χ2v) is 12.6. The van der Waals surface area contributed by atoms with Gasteiger partial charge in [0.15, 0.2) is 5.75 Å². The molecule has 1 aliphatic carbocycles. The van der Waals surface area contributed by atoms with Crippen molar-refractivity contribution in [3.05, 3.63) is 157 Å². The summed E-state index contributed by atoms with van der Waals surface area (Å²) in [6.45, 7) is 5.35. The van der Waals surface area contributed by atoms with Gasteiger partial charge in [0, 0.05) is 23.3 Å². The van der Waals surface area contributed by atoms with Gasteiger partial charge in [-0.2, -0.15) is 0 Å². The third-order valence-electron chi connectivity index (χ3n) is 9.42. The molecule has 0 radical (unpaired) electrons. The molecule has 4 aromatic rings. The minimum atomic E-state index is -0.509. The molecule has 1 aliphatic heterocycles. The molecule has 6 rings (SSSR count). The van der Waals surface area contributed by atoms with E-state index in [1.165, 1.54) is 27.9 Å². The lowest BCUT2D eigenvalue weighted by Gasteiger charge is -2.35. The van der Waals surface area contributed by atoms with E-state index in [1.807, 2.05) is 12.1 Å². The molecule has 0 bridgehead atoms. The second-order valence-electron chi connectivity index (χ2n) is 12.6. The van der Waals surface area contributed by atoms with Crippen LogP contribution in [0.25, 0.3) is 6.08 Å². The molecule has 1 unspecified atom stereocenters. The summed E-state index contributed by atoms with van der Waals surface area (Å²) in [5, 5.41) is 0. The van der Waals surface area contributed by atoms with Gasteiger partial charge in [0.05, 0.1) is 12.2 Å². The highest BCUT2D eigenvalue weighted by Gasteiger charge is 2.47. The van der Waals surface area contributed by atoms with Gasteiger partial charge in [-0.25, -0.2) is 0 Å². The van der Waals surface area contributed by atoms with Gasteiger partial charge in [0.1, 0.15) is 0 Å². The van der Waals surface area contributed by atoms with Crippen LogP contribution in [0.5, 0.6) is 5.75 Å². The Bertz CT molecular complexity index is 1760. The van der Waals surface area contributed by atoms with Crippen molar-refractivity contribution in [3.63, 3.8) is 0 Å². The average Bonchev–Trinajstić information content (AvgIpc) is 3.66. The van der Waals surface area contributed by atoms with Crippen LogP contribution < -0.4 is 20.5 Å². The van der Waals surface area contributed by atoms with Crippen molar-refractivity contribution in [2.75, 3.05) is 11.5 Å². The van der Waals surface area contributed by atoms with E-state index in [1.54, 1.807) is 0 Å². The first-order valence-electron chi connectivity index (χ1n) is 16.5. The molecule has 4 aromatic carbocycles. The van der Waals surface area contributed by atoms with Gasteiger partial charge in [0.25, 0.3) is 5.43 Å². The van der Waals surface area contributed by atoms with Gasteiger partial charge in [-0.05, 0) is 67.4 Å². The largest absolute Gasteiger partial charge is 0.489 e. The molecule has 0 N–H and O–H groups in total. The highest BCUT2D eigenvalue weighted by atomic mass is 16.5. The fourth-order valence-electron chi connectivity index (χ4n) is 7.02. The number of hydrogen-bond acceptors (Lipinski definition) is 4. The Morgan fingerprint density at radius 2 is 1.56 bits per heavy atom. The topological polar surface area (TPSA) is 46.6 Å². The molecule has 230 valence electrons. The highest BCUT2D eigenvalue weighted by Crippen LogP contribution is 2.54. The molecule has 0 aromatic heterocycles. The van der Waals surface area contributed by atoms with E-state index in [2.05, 4.69) is 116 Å². The number of anilines is 1. The fraction of sp³-hybridized carbons (Fsp3) is 0.317. The van der Waals surface area contributed by atoms with Crippen LogP contribution in [0.4, 0.5) is 5.69 Å². The summed E-state index contributed by atoms with van der Waals surface area (Å²) in [4.78, 5) is 28.4. The molecule has 4 nitrogen and oxygen atoms in total. The molecule has 0 saturated heterocycles. The predicted octanol–water partition coefficient (Wildman–Crippen LogP) is 8.61. The number of benzene rings is 3. The van der Waals surface area contributed by atoms with Crippen molar-refractivity contribution in [1.29, 1.82) is 0 Å². The summed E-state index contributed by atoms with van der Waals surface area (Å²) >= 11 is 0. The number of allylic oxidation sites excluding steroid dienone is 5. The number of fused-ring (bicyclic) bond motifs is 1. The summed E-state index contributed by atoms with van der Waals surface area (Å²) in [6, 6.07) is 28.0. The molecule has 1 heterocycles. The van der Waals surface area contributed by atoms with E-state index in [4.69, 9.17) is 4.74 Å². The maximum atomic E-state index is 13.2. The third-order valence-corrected chi connectivity index (χ3v) is 9.42. The smallest absolute Gasteiger partial charge is 0.268 e. The molecule has 45 heavy (non-hydrogen) atoms. The quantitative estimate of drug-likeness (QED) is 0.108. The number of hydrogen-bond donors (Lipinski definition) is 0. The SMILES string of the molecule is CCCCOc1c(C=C2N(Cc3ccccc3)c3ccc(C)cc3C2(CCCCC2C=CC=C2)Cc2ccccc2)c(=O)c1=O. The Labute approximate surface area is 267 Å². The standard InChI is InChI=1S/C41H43NO3/c1-3-4-25-45-40-34(38(43)39(40)44)27-37-41(28-32-18-7-5-8-19-32,24-14-13-17-31-15-11-12-16-31)35-26-30(2)22-23-36(35)42(37)29-33-20-9-6-10-21-33/h5-12,15-16,18-23,26-27,31H,3-4,13-14,17,24-25,28-29H2,1-2H3. The molecule has 4 heteroatoms. The van der Waals surface area contributed by atoms with Crippen LogP contribution in [0.15, 0.2) is 118 Å². The van der Waals surface area contributed by atoms with Crippen molar-refractivity contribution in [3.8, 4) is 5.75 Å². The Morgan fingerprint density at radius 1 is 0.844 bits per heavy atom. The van der Waals surface area contributed by atoms with Crippen molar-refractivity contribution in [1.82, 2.24) is 0 Å². The predicted molar refractivity (Wildman–Crippen MR) is 186 cm³/mol. The average molecular weight is 598 g/mol. The van der Waals surface area contributed by atoms with Gasteiger partial charge in [-0.1, -0.05) is 129 Å². The first-order valence-corrected chi connectivity index (χ1v) is 16.5. The van der Waals surface area contributed by atoms with Crippen LogP contribution in [-0.4, -0.2) is 6.61 Å². The fourth-order valence-corrected chi connectivity index (χ4v) is 7.02. The van der Waals surface area contributed by atoms with Gasteiger partial charge in [-0.15, -0.1) is 0 Å². The maximum Gasteiger partial charge on any atom is 0.268 e. The van der Waals surface area contributed by atoms with E-state index >= 15 is 0 Å². The Morgan fingerprint density at radius 3 is 2.27 bits per heavy atom. The van der Waals surface area contributed by atoms with E-state index in [-0.39, 0.29) is 11.2 Å². The summed E-state index contributed by atoms with van der Waals surface area (Å²) < 4.78 is 5.95. The van der Waals surface area contributed by atoms with Gasteiger partial charge in [0.2, 0.25) is 5.43 Å². The van der Waals surface area contributed by atoms with Crippen molar-refractivity contribution >= 4 is 11.8 Å². The van der Waals surface area contributed by atoms with Gasteiger partial charge >= 0.3 is 0 Å². The Hall–Kier alpha value is -4.44. The second kappa shape index (κ2) is 13.7. The Kier molecular flexibility index (Phi) is 9.30. The summed E-state index contributed by atoms with van der Waals surface area (Å²) in [7, 11) is 0. The number of rotatable bonds is 14. The lowest BCUT2D eigenvalue weighted by Crippen LogP contribution is -2.38. The maximum absolute atomic E-state index is 13.2. The third kappa shape index (κ3) is 6.38. The molecular weight excluding hydrogens is 554 g/mol. The summed E-state index contributed by atoms with van der Waals surface area (Å²) in [6.07, 6.45) is 17.7. The van der Waals surface area contributed by atoms with Crippen molar-refractivity contribution in [2.45, 2.75) is 70.8 Å². The molecule has 0 amide bonds. The van der Waals surface area contributed by atoms with Gasteiger partial charge in [-0.3, -0.25) is 9.59 Å². The zero-order valence-corrected chi connectivity index (χ0v) is 26.5. The molecule has 2 aliphatic rings. The molecular formula is C41H43NO3. The van der Waals surface area contributed by atoms with E-state index < -0.39 is 10.9 Å². The zero-order valence-electron chi connectivity index (χ0n) is 26.5. The number of ether oxygens (including phenoxy) is 1. The minimum absolute atomic E-state index is 0.223. The van der Waals surface area contributed by atoms with Crippen molar-refractivity contribution < 1.29 is 4.74 Å². The van der Waals surface area contributed by atoms with Crippen LogP contribution in [0.2, 0.25) is 0 Å². The number of unbranched alkanes of at least 4 members (excludes halogenated alkanes) is 2. The minimum Gasteiger partial charge on any atom is -0.489 e. The van der Waals surface area contributed by atoms with E-state index in [0.717, 1.165) is 50.6 Å². The van der Waals surface area contributed by atoms with E-state index in [9.17, 15) is 9.59 Å². The zero-order chi connectivity index (χ0) is 31.2. The van der Waals surface area contributed by atoms with Crippen LogP contribution >= 0.6 is 0 Å². The molecule has 0 spiro atoms. The highest BCUT2D eigenvalue weighted by molar-refractivity contribution is 5.79. The van der Waals surface area contributed by atoms with Crippen LogP contribution in [-0.2, 0) is 18.4 Å². The molecule has 1 atom stereocenters. The van der Waals surface area contributed by atoms with Crippen LogP contribution in [0.1, 0.15) is 73.3 Å². The monoisotopic (exact) mass is 597 g/mol. The first kappa shape index (κ1) is 30.6. The van der Waals surface area contributed by atoms with Crippen molar-refractivity contribution in [2.24, 2.45) is 5.92 Å². The number of nitrogens with zero attached hydrogens (tertiary/aromatic N) is 1. The Balaban J connectivity index is 1.50. The lowest BCUT2D eigenvalue weighted by molar-refractivity contribution is 0.302. The summed E-state index contributed by atoms with van der Waals surface area (Å²) in [5.74, 6) is 0.727. The van der Waals surface area contributed by atoms with E-state index in [0.29, 0.717) is 24.6 Å². The van der Waals surface area contributed by atoms with Crippen LogP contribution in [0, 0.1) is 12.8 Å². The first-order chi connectivity index (χ1) is 22.0. The number of aryl methyl sites for hydroxylation is 1. The van der Waals surface area contributed by atoms with Crippen LogP contribution in [0.3, 0.4) is 0 Å².